The maximum Gasteiger partial charge on any atom is 0.322 e. The van der Waals surface area contributed by atoms with E-state index in [1.54, 1.807) is 22.9 Å². The summed E-state index contributed by atoms with van der Waals surface area (Å²) >= 11 is 0. The summed E-state index contributed by atoms with van der Waals surface area (Å²) in [5.41, 5.74) is 3.81. The van der Waals surface area contributed by atoms with E-state index in [1.807, 2.05) is 31.6 Å². The zero-order valence-electron chi connectivity index (χ0n) is 15.7. The number of hydrogen-bond donors (Lipinski definition) is 1. The Kier molecular flexibility index (Phi) is 6.58. The van der Waals surface area contributed by atoms with Crippen molar-refractivity contribution in [3.63, 3.8) is 0 Å². The summed E-state index contributed by atoms with van der Waals surface area (Å²) in [6, 6.07) is -0.171. The molecule has 0 radical (unpaired) electrons. The quantitative estimate of drug-likeness (QED) is 0.795. The number of hydrogen-bond acceptors (Lipinski definition) is 4. The Balaban J connectivity index is 2.14. The second-order valence-electron chi connectivity index (χ2n) is 5.89. The van der Waals surface area contributed by atoms with Gasteiger partial charge in [0.2, 0.25) is 0 Å². The van der Waals surface area contributed by atoms with Crippen LogP contribution >= 0.6 is 0 Å². The van der Waals surface area contributed by atoms with Crippen LogP contribution in [0.25, 0.3) is 0 Å². The lowest BCUT2D eigenvalue weighted by Crippen LogP contribution is -2.37. The van der Waals surface area contributed by atoms with E-state index in [1.165, 1.54) is 0 Å². The van der Waals surface area contributed by atoms with Crippen LogP contribution in [0.5, 0.6) is 0 Å². The molecular weight excluding hydrogens is 320 g/mol. The maximum absolute atomic E-state index is 12.7. The van der Waals surface area contributed by atoms with E-state index in [-0.39, 0.29) is 6.03 Å². The molecule has 2 aromatic rings. The van der Waals surface area contributed by atoms with Crippen LogP contribution in [0.2, 0.25) is 0 Å². The van der Waals surface area contributed by atoms with Crippen LogP contribution in [-0.4, -0.2) is 50.8 Å². The van der Waals surface area contributed by atoms with Crippen molar-refractivity contribution in [3.8, 4) is 0 Å². The number of nitrogens with zero attached hydrogens (tertiary/aromatic N) is 5. The molecule has 2 aromatic heterocycles. The van der Waals surface area contributed by atoms with Gasteiger partial charge in [0, 0.05) is 44.2 Å². The Bertz CT molecular complexity index is 706. The fourth-order valence-corrected chi connectivity index (χ4v) is 2.72. The van der Waals surface area contributed by atoms with Crippen LogP contribution < -0.4 is 5.32 Å². The van der Waals surface area contributed by atoms with Crippen LogP contribution in [0.3, 0.4) is 0 Å². The zero-order chi connectivity index (χ0) is 18.4. The molecule has 0 aromatic carbocycles. The molecule has 0 aliphatic rings. The topological polar surface area (TPSA) is 77.2 Å². The van der Waals surface area contributed by atoms with E-state index in [0.29, 0.717) is 25.4 Å². The molecule has 0 saturated carbocycles. The predicted molar refractivity (Wildman–Crippen MR) is 96.6 cm³/mol. The number of aromatic nitrogens is 4. The number of carbonyl (C=O) groups excluding carboxylic acids is 1. The highest BCUT2D eigenvalue weighted by Gasteiger charge is 2.19. The molecule has 0 aliphatic heterocycles. The molecule has 2 heterocycles. The highest BCUT2D eigenvalue weighted by atomic mass is 16.5. The first-order chi connectivity index (χ1) is 12.0. The Hall–Kier alpha value is -2.35. The van der Waals surface area contributed by atoms with Crippen molar-refractivity contribution in [1.82, 2.24) is 24.5 Å². The summed E-state index contributed by atoms with van der Waals surface area (Å²) in [4.78, 5) is 14.5. The minimum atomic E-state index is -0.171. The van der Waals surface area contributed by atoms with Gasteiger partial charge >= 0.3 is 6.03 Å². The molecule has 8 nitrogen and oxygen atoms in total. The largest absolute Gasteiger partial charge is 0.383 e. The van der Waals surface area contributed by atoms with Crippen molar-refractivity contribution in [2.75, 3.05) is 25.6 Å². The molecule has 1 N–H and O–H groups in total. The lowest BCUT2D eigenvalue weighted by atomic mass is 10.2. The highest BCUT2D eigenvalue weighted by Crippen LogP contribution is 2.17. The van der Waals surface area contributed by atoms with Gasteiger partial charge in [0.15, 0.2) is 0 Å². The van der Waals surface area contributed by atoms with E-state index < -0.39 is 0 Å². The summed E-state index contributed by atoms with van der Waals surface area (Å²) in [5.74, 6) is 0. The van der Waals surface area contributed by atoms with Gasteiger partial charge in [-0.2, -0.15) is 10.2 Å². The first-order valence-electron chi connectivity index (χ1n) is 8.60. The van der Waals surface area contributed by atoms with Crippen molar-refractivity contribution >= 4 is 11.7 Å². The Morgan fingerprint density at radius 2 is 2.08 bits per heavy atom. The Morgan fingerprint density at radius 3 is 2.64 bits per heavy atom. The van der Waals surface area contributed by atoms with Gasteiger partial charge in [0.05, 0.1) is 30.7 Å². The fourth-order valence-electron chi connectivity index (χ4n) is 2.72. The van der Waals surface area contributed by atoms with E-state index in [0.717, 1.165) is 30.0 Å². The van der Waals surface area contributed by atoms with Crippen molar-refractivity contribution in [1.29, 1.82) is 0 Å². The number of aryl methyl sites for hydroxylation is 3. The van der Waals surface area contributed by atoms with Crippen LogP contribution in [0.15, 0.2) is 12.4 Å². The monoisotopic (exact) mass is 348 g/mol. The molecular formula is C17H28N6O2. The fraction of sp³-hybridized carbons (Fsp3) is 0.588. The third-order valence-corrected chi connectivity index (χ3v) is 4.24. The van der Waals surface area contributed by atoms with Crippen molar-refractivity contribution in [3.05, 3.63) is 29.3 Å². The van der Waals surface area contributed by atoms with Crippen LogP contribution in [0.1, 0.15) is 30.8 Å². The van der Waals surface area contributed by atoms with E-state index in [4.69, 9.17) is 4.74 Å². The molecule has 0 unspecified atom stereocenters. The second-order valence-corrected chi connectivity index (χ2v) is 5.89. The molecule has 2 rings (SSSR count). The van der Waals surface area contributed by atoms with Gasteiger partial charge in [-0.3, -0.25) is 9.36 Å². The smallest absolute Gasteiger partial charge is 0.322 e. The second kappa shape index (κ2) is 8.66. The summed E-state index contributed by atoms with van der Waals surface area (Å²) in [6.07, 6.45) is 3.47. The first kappa shape index (κ1) is 19.0. The van der Waals surface area contributed by atoms with Crippen molar-refractivity contribution < 1.29 is 9.53 Å². The first-order valence-corrected chi connectivity index (χ1v) is 8.60. The minimum absolute atomic E-state index is 0.171. The number of anilines is 1. The SMILES string of the molecule is CCn1cc(NC(=O)N(CCOC)Cc2c(C)nn(CC)c2C)cn1. The number of ether oxygens (including phenoxy) is 1. The van der Waals surface area contributed by atoms with E-state index in [9.17, 15) is 4.79 Å². The number of carbonyl (C=O) groups is 1. The average molecular weight is 348 g/mol. The van der Waals surface area contributed by atoms with Crippen molar-refractivity contribution in [2.45, 2.75) is 47.3 Å². The van der Waals surface area contributed by atoms with Gasteiger partial charge < -0.3 is 15.0 Å². The zero-order valence-corrected chi connectivity index (χ0v) is 15.7. The van der Waals surface area contributed by atoms with Gasteiger partial charge in [-0.1, -0.05) is 0 Å². The summed E-state index contributed by atoms with van der Waals surface area (Å²) in [5, 5.41) is 11.6. The maximum atomic E-state index is 12.7. The number of urea groups is 1. The molecule has 0 spiro atoms. The number of amides is 2. The van der Waals surface area contributed by atoms with Crippen molar-refractivity contribution in [2.24, 2.45) is 0 Å². The summed E-state index contributed by atoms with van der Waals surface area (Å²) in [7, 11) is 1.63. The van der Waals surface area contributed by atoms with E-state index in [2.05, 4.69) is 22.4 Å². The van der Waals surface area contributed by atoms with Gasteiger partial charge in [-0.05, 0) is 27.7 Å². The number of rotatable bonds is 8. The molecule has 25 heavy (non-hydrogen) atoms. The number of methoxy groups -OCH3 is 1. The molecule has 0 saturated heterocycles. The minimum Gasteiger partial charge on any atom is -0.383 e. The van der Waals surface area contributed by atoms with Crippen LogP contribution in [0.4, 0.5) is 10.5 Å². The normalized spacial score (nSPS) is 10.9. The number of nitrogens with one attached hydrogen (secondary N) is 1. The third kappa shape index (κ3) is 4.60. The van der Waals surface area contributed by atoms with Crippen LogP contribution in [0, 0.1) is 13.8 Å². The van der Waals surface area contributed by atoms with Crippen LogP contribution in [-0.2, 0) is 24.4 Å². The van der Waals surface area contributed by atoms with Gasteiger partial charge in [0.25, 0.3) is 0 Å². The van der Waals surface area contributed by atoms with Gasteiger partial charge in [-0.25, -0.2) is 4.79 Å². The molecule has 2 amide bonds. The molecule has 0 aliphatic carbocycles. The molecule has 0 bridgehead atoms. The Morgan fingerprint density at radius 1 is 1.32 bits per heavy atom. The van der Waals surface area contributed by atoms with Gasteiger partial charge in [-0.15, -0.1) is 0 Å². The standard InChI is InChI=1S/C17H28N6O2/c1-6-22-11-15(10-18-22)19-17(24)21(8-9-25-5)12-16-13(3)20-23(7-2)14(16)4/h10-11H,6-9,12H2,1-5H3,(H,19,24). The van der Waals surface area contributed by atoms with E-state index >= 15 is 0 Å². The lowest BCUT2D eigenvalue weighted by Gasteiger charge is -2.22. The molecule has 8 heteroatoms. The molecule has 138 valence electrons. The van der Waals surface area contributed by atoms with Gasteiger partial charge in [0.1, 0.15) is 0 Å². The lowest BCUT2D eigenvalue weighted by molar-refractivity contribution is 0.152. The molecule has 0 atom stereocenters. The average Bonchev–Trinajstić information content (AvgIpc) is 3.16. The third-order valence-electron chi connectivity index (χ3n) is 4.24. The molecule has 0 fully saturated rings. The summed E-state index contributed by atoms with van der Waals surface area (Å²) in [6.45, 7) is 11.1. The highest BCUT2D eigenvalue weighted by molar-refractivity contribution is 5.89. The Labute approximate surface area is 148 Å². The predicted octanol–water partition coefficient (Wildman–Crippen LogP) is 2.42. The summed E-state index contributed by atoms with van der Waals surface area (Å²) < 4.78 is 8.89.